The van der Waals surface area contributed by atoms with Gasteiger partial charge in [0, 0.05) is 5.56 Å². The molecule has 1 amide bonds. The Balaban J connectivity index is 1.26. The first kappa shape index (κ1) is 18.6. The van der Waals surface area contributed by atoms with Crippen molar-refractivity contribution in [2.45, 2.75) is 6.10 Å². The standard InChI is InChI=1S/C22H19NO6/c24-20(23-12-16-13-27-18-8-4-5-9-19(18)29-16)14-28-22(25)21-17(10-11-26-21)15-6-2-1-3-7-15/h1-11,16H,12-14H2,(H,23,24). The van der Waals surface area contributed by atoms with Crippen LogP contribution in [0.15, 0.2) is 71.3 Å². The zero-order valence-corrected chi connectivity index (χ0v) is 15.5. The Morgan fingerprint density at radius 3 is 2.59 bits per heavy atom. The summed E-state index contributed by atoms with van der Waals surface area (Å²) in [4.78, 5) is 24.4. The Labute approximate surface area is 167 Å². The first-order chi connectivity index (χ1) is 14.2. The highest BCUT2D eigenvalue weighted by Crippen LogP contribution is 2.30. The molecule has 1 aromatic heterocycles. The minimum atomic E-state index is -0.699. The van der Waals surface area contributed by atoms with E-state index in [1.165, 1.54) is 6.26 Å². The molecule has 1 atom stereocenters. The third kappa shape index (κ3) is 4.40. The van der Waals surface area contributed by atoms with Crippen LogP contribution >= 0.6 is 0 Å². The fourth-order valence-corrected chi connectivity index (χ4v) is 2.95. The zero-order valence-electron chi connectivity index (χ0n) is 15.5. The molecule has 3 aromatic rings. The van der Waals surface area contributed by atoms with Crippen molar-refractivity contribution in [2.75, 3.05) is 19.8 Å². The fraction of sp³-hybridized carbons (Fsp3) is 0.182. The third-order valence-corrected chi connectivity index (χ3v) is 4.36. The third-order valence-electron chi connectivity index (χ3n) is 4.36. The van der Waals surface area contributed by atoms with Crippen LogP contribution in [-0.4, -0.2) is 37.7 Å². The number of esters is 1. The van der Waals surface area contributed by atoms with E-state index in [9.17, 15) is 9.59 Å². The minimum Gasteiger partial charge on any atom is -0.486 e. The Hall–Kier alpha value is -3.74. The molecule has 7 nitrogen and oxygen atoms in total. The van der Waals surface area contributed by atoms with E-state index in [1.54, 1.807) is 12.1 Å². The maximum atomic E-state index is 12.3. The molecule has 0 aliphatic carbocycles. The van der Waals surface area contributed by atoms with Gasteiger partial charge in [-0.25, -0.2) is 4.79 Å². The molecule has 0 bridgehead atoms. The Kier molecular flexibility index (Phi) is 5.47. The van der Waals surface area contributed by atoms with Crippen molar-refractivity contribution >= 4 is 11.9 Å². The van der Waals surface area contributed by atoms with Crippen LogP contribution in [0.1, 0.15) is 10.6 Å². The van der Waals surface area contributed by atoms with Crippen molar-refractivity contribution in [2.24, 2.45) is 0 Å². The zero-order chi connectivity index (χ0) is 20.1. The number of nitrogens with one attached hydrogen (secondary N) is 1. The van der Waals surface area contributed by atoms with Gasteiger partial charge < -0.3 is 23.9 Å². The van der Waals surface area contributed by atoms with Crippen molar-refractivity contribution in [3.63, 3.8) is 0 Å². The van der Waals surface area contributed by atoms with Crippen LogP contribution in [0, 0.1) is 0 Å². The average Bonchev–Trinajstić information content (AvgIpc) is 3.26. The molecule has 0 saturated carbocycles. The van der Waals surface area contributed by atoms with Gasteiger partial charge in [0.15, 0.2) is 18.1 Å². The van der Waals surface area contributed by atoms with Gasteiger partial charge in [-0.15, -0.1) is 0 Å². The first-order valence-electron chi connectivity index (χ1n) is 9.16. The minimum absolute atomic E-state index is 0.0598. The Morgan fingerprint density at radius 2 is 1.76 bits per heavy atom. The van der Waals surface area contributed by atoms with Crippen molar-refractivity contribution in [3.05, 3.63) is 72.7 Å². The van der Waals surface area contributed by atoms with E-state index in [1.807, 2.05) is 48.5 Å². The summed E-state index contributed by atoms with van der Waals surface area (Å²) in [6.45, 7) is 0.141. The van der Waals surface area contributed by atoms with E-state index >= 15 is 0 Å². The molecule has 0 radical (unpaired) electrons. The van der Waals surface area contributed by atoms with Crippen molar-refractivity contribution in [3.8, 4) is 22.6 Å². The van der Waals surface area contributed by atoms with Crippen LogP contribution in [-0.2, 0) is 9.53 Å². The van der Waals surface area contributed by atoms with Crippen LogP contribution in [0.3, 0.4) is 0 Å². The lowest BCUT2D eigenvalue weighted by molar-refractivity contribution is -0.124. The van der Waals surface area contributed by atoms with Gasteiger partial charge in [-0.05, 0) is 23.8 Å². The largest absolute Gasteiger partial charge is 0.486 e. The fourth-order valence-electron chi connectivity index (χ4n) is 2.95. The highest BCUT2D eigenvalue weighted by atomic mass is 16.6. The number of benzene rings is 2. The van der Waals surface area contributed by atoms with Crippen LogP contribution < -0.4 is 14.8 Å². The van der Waals surface area contributed by atoms with Crippen molar-refractivity contribution < 1.29 is 28.2 Å². The highest BCUT2D eigenvalue weighted by molar-refractivity contribution is 5.95. The maximum absolute atomic E-state index is 12.3. The predicted molar refractivity (Wildman–Crippen MR) is 104 cm³/mol. The number of rotatable bonds is 6. The molecule has 1 aliphatic heterocycles. The van der Waals surface area contributed by atoms with E-state index in [0.717, 1.165) is 5.56 Å². The van der Waals surface area contributed by atoms with Gasteiger partial charge >= 0.3 is 5.97 Å². The summed E-state index contributed by atoms with van der Waals surface area (Å²) in [5.41, 5.74) is 1.44. The molecule has 0 saturated heterocycles. The number of amides is 1. The molecule has 7 heteroatoms. The van der Waals surface area contributed by atoms with Crippen LogP contribution in [0.2, 0.25) is 0 Å². The number of carbonyl (C=O) groups is 2. The predicted octanol–water partition coefficient (Wildman–Crippen LogP) is 3.06. The SMILES string of the molecule is O=C(COC(=O)c1occc1-c1ccccc1)NCC1COc2ccccc2O1. The van der Waals surface area contributed by atoms with E-state index in [2.05, 4.69) is 5.32 Å². The Morgan fingerprint density at radius 1 is 1.00 bits per heavy atom. The number of hydrogen-bond donors (Lipinski definition) is 1. The number of furan rings is 1. The lowest BCUT2D eigenvalue weighted by Crippen LogP contribution is -2.42. The van der Waals surface area contributed by atoms with E-state index in [4.69, 9.17) is 18.6 Å². The molecule has 0 spiro atoms. The molecule has 1 N–H and O–H groups in total. The monoisotopic (exact) mass is 393 g/mol. The van der Waals surface area contributed by atoms with E-state index < -0.39 is 18.5 Å². The Bertz CT molecular complexity index is 997. The van der Waals surface area contributed by atoms with Crippen LogP contribution in [0.25, 0.3) is 11.1 Å². The number of ether oxygens (including phenoxy) is 3. The molecule has 4 rings (SSSR count). The van der Waals surface area contributed by atoms with Gasteiger partial charge in [0.1, 0.15) is 12.7 Å². The van der Waals surface area contributed by atoms with Crippen LogP contribution in [0.5, 0.6) is 11.5 Å². The summed E-state index contributed by atoms with van der Waals surface area (Å²) in [5.74, 6) is 0.237. The second-order valence-electron chi connectivity index (χ2n) is 6.41. The summed E-state index contributed by atoms with van der Waals surface area (Å²) < 4.78 is 21.7. The summed E-state index contributed by atoms with van der Waals surface area (Å²) >= 11 is 0. The summed E-state index contributed by atoms with van der Waals surface area (Å²) in [6.07, 6.45) is 1.09. The maximum Gasteiger partial charge on any atom is 0.375 e. The average molecular weight is 393 g/mol. The molecule has 0 fully saturated rings. The number of fused-ring (bicyclic) bond motifs is 1. The highest BCUT2D eigenvalue weighted by Gasteiger charge is 2.22. The molecular formula is C22H19NO6. The lowest BCUT2D eigenvalue weighted by Gasteiger charge is -2.26. The molecule has 2 heterocycles. The van der Waals surface area contributed by atoms with Gasteiger partial charge in [0.25, 0.3) is 5.91 Å². The molecule has 2 aromatic carbocycles. The van der Waals surface area contributed by atoms with E-state index in [0.29, 0.717) is 23.7 Å². The number of carbonyl (C=O) groups excluding carboxylic acids is 2. The van der Waals surface area contributed by atoms with Gasteiger partial charge in [-0.3, -0.25) is 4.79 Å². The van der Waals surface area contributed by atoms with Crippen LogP contribution in [0.4, 0.5) is 0 Å². The van der Waals surface area contributed by atoms with E-state index in [-0.39, 0.29) is 18.4 Å². The molecular weight excluding hydrogens is 374 g/mol. The van der Waals surface area contributed by atoms with Gasteiger partial charge in [-0.1, -0.05) is 42.5 Å². The summed E-state index contributed by atoms with van der Waals surface area (Å²) in [7, 11) is 0. The lowest BCUT2D eigenvalue weighted by atomic mass is 10.1. The first-order valence-corrected chi connectivity index (χ1v) is 9.16. The second-order valence-corrected chi connectivity index (χ2v) is 6.41. The van der Waals surface area contributed by atoms with Gasteiger partial charge in [-0.2, -0.15) is 0 Å². The number of hydrogen-bond acceptors (Lipinski definition) is 6. The quantitative estimate of drug-likeness (QED) is 0.648. The topological polar surface area (TPSA) is 87.0 Å². The summed E-state index contributed by atoms with van der Waals surface area (Å²) in [5, 5.41) is 2.68. The second kappa shape index (κ2) is 8.52. The molecule has 1 aliphatic rings. The van der Waals surface area contributed by atoms with Gasteiger partial charge in [0.2, 0.25) is 5.76 Å². The number of para-hydroxylation sites is 2. The smallest absolute Gasteiger partial charge is 0.375 e. The molecule has 29 heavy (non-hydrogen) atoms. The van der Waals surface area contributed by atoms with Gasteiger partial charge in [0.05, 0.1) is 12.8 Å². The summed E-state index contributed by atoms with van der Waals surface area (Å²) in [6, 6.07) is 18.3. The molecule has 148 valence electrons. The van der Waals surface area contributed by atoms with Crippen molar-refractivity contribution in [1.82, 2.24) is 5.32 Å². The molecule has 1 unspecified atom stereocenters. The normalized spacial score (nSPS) is 14.8. The van der Waals surface area contributed by atoms with Crippen molar-refractivity contribution in [1.29, 1.82) is 0 Å².